The lowest BCUT2D eigenvalue weighted by atomic mass is 10.2. The monoisotopic (exact) mass is 270 g/mol. The highest BCUT2D eigenvalue weighted by atomic mass is 19.1. The Balaban J connectivity index is 2.21. The van der Waals surface area contributed by atoms with Crippen molar-refractivity contribution in [1.29, 1.82) is 0 Å². The highest BCUT2D eigenvalue weighted by molar-refractivity contribution is 5.89. The smallest absolute Gasteiger partial charge is 0.319 e. The Morgan fingerprint density at radius 3 is 2.89 bits per heavy atom. The van der Waals surface area contributed by atoms with Crippen LogP contribution < -0.4 is 10.6 Å². The Morgan fingerprint density at radius 2 is 2.21 bits per heavy atom. The minimum Gasteiger partial charge on any atom is -0.394 e. The molecule has 6 heteroatoms. The fourth-order valence-corrected chi connectivity index (χ4v) is 1.44. The average Bonchev–Trinajstić information content (AvgIpc) is 2.38. The van der Waals surface area contributed by atoms with Gasteiger partial charge in [0.1, 0.15) is 5.82 Å². The van der Waals surface area contributed by atoms with Gasteiger partial charge in [-0.15, -0.1) is 0 Å². The van der Waals surface area contributed by atoms with Gasteiger partial charge in [-0.25, -0.2) is 9.18 Å². The first-order chi connectivity index (χ1) is 9.13. The van der Waals surface area contributed by atoms with Gasteiger partial charge >= 0.3 is 6.03 Å². The minimum atomic E-state index is -0.340. The molecular formula is C13H19FN2O3. The predicted octanol–water partition coefficient (Wildman–Crippen LogP) is 1.65. The second kappa shape index (κ2) is 8.44. The van der Waals surface area contributed by atoms with Gasteiger partial charge in [-0.2, -0.15) is 0 Å². The maximum atomic E-state index is 13.0. The van der Waals surface area contributed by atoms with Gasteiger partial charge in [0.15, 0.2) is 0 Å². The Hall–Kier alpha value is -1.66. The fraction of sp³-hybridized carbons (Fsp3) is 0.462. The molecule has 2 amide bonds. The van der Waals surface area contributed by atoms with E-state index in [1.807, 2.05) is 0 Å². The van der Waals surface area contributed by atoms with Crippen LogP contribution in [0.5, 0.6) is 0 Å². The molecule has 0 aliphatic heterocycles. The summed E-state index contributed by atoms with van der Waals surface area (Å²) in [5.41, 5.74) is 1.03. The second-order valence-corrected chi connectivity index (χ2v) is 4.03. The van der Waals surface area contributed by atoms with Crippen molar-refractivity contribution in [2.24, 2.45) is 0 Å². The van der Waals surface area contributed by atoms with Crippen molar-refractivity contribution < 1.29 is 19.0 Å². The first-order valence-electron chi connectivity index (χ1n) is 6.13. The lowest BCUT2D eigenvalue weighted by Gasteiger charge is -2.08. The molecule has 1 rings (SSSR count). The van der Waals surface area contributed by atoms with E-state index in [-0.39, 0.29) is 18.5 Å². The van der Waals surface area contributed by atoms with Crippen LogP contribution >= 0.6 is 0 Å². The van der Waals surface area contributed by atoms with E-state index in [0.29, 0.717) is 37.4 Å². The normalized spacial score (nSPS) is 10.3. The molecule has 0 bridgehead atoms. The Morgan fingerprint density at radius 1 is 1.42 bits per heavy atom. The van der Waals surface area contributed by atoms with Crippen LogP contribution in [0, 0.1) is 12.7 Å². The van der Waals surface area contributed by atoms with Crippen molar-refractivity contribution >= 4 is 11.7 Å². The van der Waals surface area contributed by atoms with Crippen LogP contribution in [0.2, 0.25) is 0 Å². The number of rotatable bonds is 7. The number of hydrogen-bond acceptors (Lipinski definition) is 3. The van der Waals surface area contributed by atoms with E-state index >= 15 is 0 Å². The molecule has 0 aromatic heterocycles. The molecule has 0 aliphatic carbocycles. The summed E-state index contributed by atoms with van der Waals surface area (Å²) in [5.74, 6) is -0.299. The van der Waals surface area contributed by atoms with Gasteiger partial charge in [0.05, 0.1) is 13.2 Å². The molecule has 0 fully saturated rings. The topological polar surface area (TPSA) is 70.6 Å². The summed E-state index contributed by atoms with van der Waals surface area (Å²) in [7, 11) is 0. The number of ether oxygens (including phenoxy) is 1. The molecule has 0 radical (unpaired) electrons. The summed E-state index contributed by atoms with van der Waals surface area (Å²) in [6, 6.07) is 4.05. The van der Waals surface area contributed by atoms with Gasteiger partial charge < -0.3 is 20.5 Å². The van der Waals surface area contributed by atoms with E-state index in [9.17, 15) is 9.18 Å². The number of hydrogen-bond donors (Lipinski definition) is 3. The van der Waals surface area contributed by atoms with Crippen molar-refractivity contribution in [1.82, 2.24) is 5.32 Å². The van der Waals surface area contributed by atoms with Crippen LogP contribution in [-0.4, -0.2) is 37.5 Å². The summed E-state index contributed by atoms with van der Waals surface area (Å²) in [6.07, 6.45) is 0.663. The molecule has 0 atom stereocenters. The number of urea groups is 1. The molecule has 0 spiro atoms. The number of benzene rings is 1. The third-order valence-electron chi connectivity index (χ3n) is 2.40. The number of amides is 2. The molecule has 0 saturated heterocycles. The number of nitrogens with one attached hydrogen (secondary N) is 2. The number of aliphatic hydroxyl groups excluding tert-OH is 1. The summed E-state index contributed by atoms with van der Waals surface area (Å²) < 4.78 is 18.1. The average molecular weight is 270 g/mol. The Labute approximate surface area is 111 Å². The third-order valence-corrected chi connectivity index (χ3v) is 2.40. The number of carbonyl (C=O) groups is 1. The first-order valence-corrected chi connectivity index (χ1v) is 6.13. The van der Waals surface area contributed by atoms with Gasteiger partial charge in [-0.3, -0.25) is 0 Å². The minimum absolute atomic E-state index is 0.00215. The van der Waals surface area contributed by atoms with E-state index in [1.54, 1.807) is 13.0 Å². The molecule has 0 aliphatic rings. The number of anilines is 1. The lowest BCUT2D eigenvalue weighted by molar-refractivity contribution is 0.0910. The van der Waals surface area contributed by atoms with E-state index in [1.165, 1.54) is 12.1 Å². The molecule has 19 heavy (non-hydrogen) atoms. The van der Waals surface area contributed by atoms with Crippen molar-refractivity contribution in [2.45, 2.75) is 13.3 Å². The van der Waals surface area contributed by atoms with Crippen LogP contribution in [0.3, 0.4) is 0 Å². The predicted molar refractivity (Wildman–Crippen MR) is 70.7 cm³/mol. The van der Waals surface area contributed by atoms with Gasteiger partial charge in [0, 0.05) is 18.8 Å². The van der Waals surface area contributed by atoms with E-state index in [2.05, 4.69) is 10.6 Å². The Bertz CT molecular complexity index is 413. The number of aryl methyl sites for hydroxylation is 1. The quantitative estimate of drug-likeness (QED) is 0.660. The van der Waals surface area contributed by atoms with Crippen molar-refractivity contribution in [3.63, 3.8) is 0 Å². The summed E-state index contributed by atoms with van der Waals surface area (Å²) in [6.45, 7) is 2.89. The van der Waals surface area contributed by atoms with Crippen LogP contribution in [0.1, 0.15) is 12.0 Å². The molecule has 0 unspecified atom stereocenters. The zero-order chi connectivity index (χ0) is 14.1. The fourth-order valence-electron chi connectivity index (χ4n) is 1.44. The van der Waals surface area contributed by atoms with E-state index < -0.39 is 0 Å². The van der Waals surface area contributed by atoms with Gasteiger partial charge in [0.25, 0.3) is 0 Å². The Kier molecular flexibility index (Phi) is 6.84. The van der Waals surface area contributed by atoms with Crippen molar-refractivity contribution in [3.8, 4) is 0 Å². The summed E-state index contributed by atoms with van der Waals surface area (Å²) in [4.78, 5) is 11.5. The molecule has 106 valence electrons. The van der Waals surface area contributed by atoms with Gasteiger partial charge in [-0.05, 0) is 37.1 Å². The highest BCUT2D eigenvalue weighted by Gasteiger charge is 2.03. The zero-order valence-electron chi connectivity index (χ0n) is 10.9. The highest BCUT2D eigenvalue weighted by Crippen LogP contribution is 2.13. The van der Waals surface area contributed by atoms with E-state index in [4.69, 9.17) is 9.84 Å². The number of aliphatic hydroxyl groups is 1. The lowest BCUT2D eigenvalue weighted by Crippen LogP contribution is -2.30. The SMILES string of the molecule is Cc1cc(NC(=O)NCCCOCCO)ccc1F. The molecule has 5 nitrogen and oxygen atoms in total. The van der Waals surface area contributed by atoms with Gasteiger partial charge in [-0.1, -0.05) is 0 Å². The standard InChI is InChI=1S/C13H19FN2O3/c1-10-9-11(3-4-12(10)14)16-13(18)15-5-2-7-19-8-6-17/h3-4,9,17H,2,5-8H2,1H3,(H2,15,16,18). The van der Waals surface area contributed by atoms with Crippen LogP contribution in [0.25, 0.3) is 0 Å². The third kappa shape index (κ3) is 6.17. The molecule has 0 heterocycles. The molecule has 1 aromatic carbocycles. The van der Waals surface area contributed by atoms with E-state index in [0.717, 1.165) is 0 Å². The zero-order valence-corrected chi connectivity index (χ0v) is 10.9. The molecule has 0 saturated carbocycles. The van der Waals surface area contributed by atoms with Crippen LogP contribution in [0.4, 0.5) is 14.9 Å². The van der Waals surface area contributed by atoms with Crippen LogP contribution in [-0.2, 0) is 4.74 Å². The molecular weight excluding hydrogens is 251 g/mol. The van der Waals surface area contributed by atoms with Crippen molar-refractivity contribution in [2.75, 3.05) is 31.7 Å². The molecule has 1 aromatic rings. The second-order valence-electron chi connectivity index (χ2n) is 4.03. The van der Waals surface area contributed by atoms with Crippen LogP contribution in [0.15, 0.2) is 18.2 Å². The largest absolute Gasteiger partial charge is 0.394 e. The summed E-state index contributed by atoms with van der Waals surface area (Å²) >= 11 is 0. The first kappa shape index (κ1) is 15.4. The maximum Gasteiger partial charge on any atom is 0.319 e. The number of carbonyl (C=O) groups excluding carboxylic acids is 1. The number of halogens is 1. The van der Waals surface area contributed by atoms with Crippen molar-refractivity contribution in [3.05, 3.63) is 29.6 Å². The maximum absolute atomic E-state index is 13.0. The molecule has 3 N–H and O–H groups in total. The van der Waals surface area contributed by atoms with Gasteiger partial charge in [0.2, 0.25) is 0 Å². The summed E-state index contributed by atoms with van der Waals surface area (Å²) in [5, 5.41) is 13.8.